The van der Waals surface area contributed by atoms with Crippen molar-refractivity contribution in [3.05, 3.63) is 23.0 Å². The fourth-order valence-corrected chi connectivity index (χ4v) is 1.89. The van der Waals surface area contributed by atoms with Crippen molar-refractivity contribution >= 4 is 10.9 Å². The second-order valence-corrected chi connectivity index (χ2v) is 3.92. The Hall–Kier alpha value is -1.32. The molecule has 0 aliphatic heterocycles. The molecule has 82 valence electrons. The molecule has 0 spiro atoms. The lowest BCUT2D eigenvalue weighted by Gasteiger charge is -2.20. The summed E-state index contributed by atoms with van der Waals surface area (Å²) in [5.74, 6) is 0.548. The van der Waals surface area contributed by atoms with Crippen molar-refractivity contribution in [3.63, 3.8) is 0 Å². The van der Waals surface area contributed by atoms with Crippen LogP contribution in [0.2, 0.25) is 0 Å². The first-order valence-corrected chi connectivity index (χ1v) is 5.52. The summed E-state index contributed by atoms with van der Waals surface area (Å²) < 4.78 is 28.4. The van der Waals surface area contributed by atoms with Crippen LogP contribution in [0.25, 0.3) is 0 Å². The first kappa shape index (κ1) is 11.8. The van der Waals surface area contributed by atoms with Gasteiger partial charge in [-0.3, -0.25) is 0 Å². The Balaban J connectivity index is 2.96. The Morgan fingerprint density at radius 3 is 2.80 bits per heavy atom. The van der Waals surface area contributed by atoms with Crippen LogP contribution >= 0.6 is 0 Å². The topological polar surface area (TPSA) is 79.2 Å². The van der Waals surface area contributed by atoms with Gasteiger partial charge in [-0.05, 0) is 13.0 Å². The van der Waals surface area contributed by atoms with E-state index in [0.717, 1.165) is 5.57 Å². The highest BCUT2D eigenvalue weighted by Gasteiger charge is 2.20. The number of nitrogens with one attached hydrogen (secondary N) is 1. The molecule has 0 saturated carbocycles. The van der Waals surface area contributed by atoms with Gasteiger partial charge in [0.05, 0.1) is 13.2 Å². The molecule has 0 saturated heterocycles. The SMILES string of the molecule is COC1=CC(N[SH](=O)=O)CC(C#N)=C1C. The minimum Gasteiger partial charge on any atom is -0.497 e. The monoisotopic (exact) mass is 228 g/mol. The number of hydrogen-bond acceptors (Lipinski definition) is 4. The van der Waals surface area contributed by atoms with Crippen LogP contribution in [0.3, 0.4) is 0 Å². The second kappa shape index (κ2) is 4.96. The van der Waals surface area contributed by atoms with E-state index in [0.29, 0.717) is 17.8 Å². The number of ether oxygens (including phenoxy) is 1. The van der Waals surface area contributed by atoms with E-state index >= 15 is 0 Å². The average Bonchev–Trinajstić information content (AvgIpc) is 2.19. The zero-order valence-corrected chi connectivity index (χ0v) is 9.38. The fourth-order valence-electron chi connectivity index (χ4n) is 1.46. The van der Waals surface area contributed by atoms with Crippen molar-refractivity contribution in [2.75, 3.05) is 7.11 Å². The van der Waals surface area contributed by atoms with Gasteiger partial charge in [-0.1, -0.05) is 0 Å². The number of methoxy groups -OCH3 is 1. The van der Waals surface area contributed by atoms with Gasteiger partial charge in [0.2, 0.25) is 10.9 Å². The molecule has 0 aromatic rings. The minimum atomic E-state index is -2.67. The van der Waals surface area contributed by atoms with E-state index < -0.39 is 10.9 Å². The number of allylic oxidation sites excluding steroid dienone is 1. The standard InChI is InChI=1S/C9H12N2O3S/c1-6-7(5-10)3-8(11-15(12)13)4-9(6)14-2/h4,8,15H,3H2,1-2H3,(H,11,12,13). The van der Waals surface area contributed by atoms with Gasteiger partial charge in [-0.2, -0.15) is 5.26 Å². The first-order valence-electron chi connectivity index (χ1n) is 4.35. The molecule has 1 aliphatic rings. The average molecular weight is 228 g/mol. The molecule has 6 heteroatoms. The Kier molecular flexibility index (Phi) is 3.88. The Morgan fingerprint density at radius 1 is 1.67 bits per heavy atom. The van der Waals surface area contributed by atoms with Gasteiger partial charge < -0.3 is 4.74 Å². The molecule has 1 atom stereocenters. The molecule has 0 aromatic heterocycles. The van der Waals surface area contributed by atoms with Crippen molar-refractivity contribution < 1.29 is 13.2 Å². The Labute approximate surface area is 90.1 Å². The minimum absolute atomic E-state index is 0.374. The van der Waals surface area contributed by atoms with Crippen molar-refractivity contribution in [2.45, 2.75) is 19.4 Å². The summed E-state index contributed by atoms with van der Waals surface area (Å²) >= 11 is 0. The van der Waals surface area contributed by atoms with Crippen LogP contribution in [-0.2, 0) is 15.6 Å². The van der Waals surface area contributed by atoms with Crippen LogP contribution in [0.5, 0.6) is 0 Å². The molecule has 1 aliphatic carbocycles. The number of nitrogens with zero attached hydrogens (tertiary/aromatic N) is 1. The summed E-state index contributed by atoms with van der Waals surface area (Å²) in [6.45, 7) is 1.78. The molecule has 0 radical (unpaired) electrons. The normalized spacial score (nSPS) is 21.2. The number of nitriles is 1. The zero-order chi connectivity index (χ0) is 11.4. The largest absolute Gasteiger partial charge is 0.497 e. The second-order valence-electron chi connectivity index (χ2n) is 3.15. The van der Waals surface area contributed by atoms with Crippen molar-refractivity contribution in [2.24, 2.45) is 0 Å². The molecular formula is C9H12N2O3S. The Bertz CT molecular complexity index is 421. The molecule has 1 unspecified atom stereocenters. The fraction of sp³-hybridized carbons (Fsp3) is 0.444. The van der Waals surface area contributed by atoms with E-state index in [-0.39, 0.29) is 6.04 Å². The van der Waals surface area contributed by atoms with Crippen LogP contribution in [-0.4, -0.2) is 21.6 Å². The molecule has 0 aromatic carbocycles. The third kappa shape index (κ3) is 2.81. The molecule has 1 rings (SSSR count). The predicted molar refractivity (Wildman–Crippen MR) is 55.3 cm³/mol. The summed E-state index contributed by atoms with van der Waals surface area (Å²) in [5, 5.41) is 8.86. The molecule has 5 nitrogen and oxygen atoms in total. The molecule has 15 heavy (non-hydrogen) atoms. The molecular weight excluding hydrogens is 216 g/mol. The maximum atomic E-state index is 10.5. The van der Waals surface area contributed by atoms with Gasteiger partial charge in [0.15, 0.2) is 0 Å². The van der Waals surface area contributed by atoms with Crippen molar-refractivity contribution in [1.82, 2.24) is 4.72 Å². The van der Waals surface area contributed by atoms with E-state index in [9.17, 15) is 8.42 Å². The summed E-state index contributed by atoms with van der Waals surface area (Å²) in [7, 11) is -1.18. The van der Waals surface area contributed by atoms with Gasteiger partial charge in [0.1, 0.15) is 5.76 Å². The predicted octanol–water partition coefficient (Wildman–Crippen LogP) is 0.245. The number of thiol groups is 1. The van der Waals surface area contributed by atoms with Crippen LogP contribution < -0.4 is 4.72 Å². The maximum absolute atomic E-state index is 10.5. The lowest BCUT2D eigenvalue weighted by atomic mass is 9.95. The van der Waals surface area contributed by atoms with Crippen LogP contribution in [0.1, 0.15) is 13.3 Å². The van der Waals surface area contributed by atoms with Crippen molar-refractivity contribution in [1.29, 1.82) is 5.26 Å². The van der Waals surface area contributed by atoms with Crippen LogP contribution in [0.4, 0.5) is 0 Å². The summed E-state index contributed by atoms with van der Waals surface area (Å²) in [4.78, 5) is 0. The lowest BCUT2D eigenvalue weighted by Crippen LogP contribution is -2.29. The highest BCUT2D eigenvalue weighted by atomic mass is 32.2. The van der Waals surface area contributed by atoms with Gasteiger partial charge in [-0.15, -0.1) is 0 Å². The first-order chi connectivity index (χ1) is 7.08. The third-order valence-corrected chi connectivity index (χ3v) is 2.77. The highest BCUT2D eigenvalue weighted by Crippen LogP contribution is 2.24. The van der Waals surface area contributed by atoms with E-state index in [1.165, 1.54) is 7.11 Å². The van der Waals surface area contributed by atoms with Gasteiger partial charge in [-0.25, -0.2) is 13.1 Å². The van der Waals surface area contributed by atoms with Gasteiger partial charge in [0, 0.05) is 23.6 Å². The smallest absolute Gasteiger partial charge is 0.201 e. The maximum Gasteiger partial charge on any atom is 0.201 e. The van der Waals surface area contributed by atoms with Crippen LogP contribution in [0, 0.1) is 11.3 Å². The van der Waals surface area contributed by atoms with E-state index in [4.69, 9.17) is 10.00 Å². The highest BCUT2D eigenvalue weighted by molar-refractivity contribution is 7.70. The van der Waals surface area contributed by atoms with Crippen LogP contribution in [0.15, 0.2) is 23.0 Å². The molecule has 0 amide bonds. The summed E-state index contributed by atoms with van der Waals surface area (Å²) in [6.07, 6.45) is 2.04. The molecule has 0 fully saturated rings. The van der Waals surface area contributed by atoms with E-state index in [2.05, 4.69) is 4.72 Å². The summed E-state index contributed by atoms with van der Waals surface area (Å²) in [6, 6.07) is 1.65. The third-order valence-electron chi connectivity index (χ3n) is 2.22. The molecule has 1 N–H and O–H groups in total. The van der Waals surface area contributed by atoms with Crippen molar-refractivity contribution in [3.8, 4) is 6.07 Å². The lowest BCUT2D eigenvalue weighted by molar-refractivity contribution is 0.294. The molecule has 0 bridgehead atoms. The van der Waals surface area contributed by atoms with E-state index in [1.807, 2.05) is 6.07 Å². The Morgan fingerprint density at radius 2 is 2.33 bits per heavy atom. The zero-order valence-electron chi connectivity index (χ0n) is 8.48. The quantitative estimate of drug-likeness (QED) is 0.678. The van der Waals surface area contributed by atoms with Gasteiger partial charge in [0.25, 0.3) is 0 Å². The number of hydrogen-bond donors (Lipinski definition) is 2. The van der Waals surface area contributed by atoms with Gasteiger partial charge >= 0.3 is 0 Å². The summed E-state index contributed by atoms with van der Waals surface area (Å²) in [5.41, 5.74) is 1.31. The molecule has 0 heterocycles. The number of rotatable bonds is 3. The van der Waals surface area contributed by atoms with E-state index in [1.54, 1.807) is 13.0 Å².